The van der Waals surface area contributed by atoms with E-state index in [1.165, 1.54) is 4.90 Å². The number of nitrogens with one attached hydrogen (secondary N) is 1. The minimum absolute atomic E-state index is 0.0968. The van der Waals surface area contributed by atoms with Crippen molar-refractivity contribution in [3.63, 3.8) is 0 Å². The van der Waals surface area contributed by atoms with Gasteiger partial charge < -0.3 is 14.2 Å². The number of rotatable bonds is 7. The number of hydrogen-bond donors (Lipinski definition) is 1. The molecule has 0 spiro atoms. The average Bonchev–Trinajstić information content (AvgIpc) is 3.33. The van der Waals surface area contributed by atoms with Crippen LogP contribution in [0.25, 0.3) is 11.0 Å². The molecule has 1 atom stereocenters. The molecule has 6 heteroatoms. The second kappa shape index (κ2) is 7.89. The van der Waals surface area contributed by atoms with Crippen LogP contribution >= 0.6 is 11.3 Å². The van der Waals surface area contributed by atoms with Crippen molar-refractivity contribution in [3.8, 4) is 0 Å². The summed E-state index contributed by atoms with van der Waals surface area (Å²) < 4.78 is 5.93. The maximum atomic E-state index is 13.3. The highest BCUT2D eigenvalue weighted by atomic mass is 32.1. The summed E-state index contributed by atoms with van der Waals surface area (Å²) in [6.45, 7) is 8.13. The highest BCUT2D eigenvalue weighted by Gasteiger charge is 2.42. The van der Waals surface area contributed by atoms with Gasteiger partial charge in [-0.2, -0.15) is 0 Å². The second-order valence-corrected chi connectivity index (χ2v) is 8.13. The Balaban J connectivity index is 1.75. The zero-order valence-corrected chi connectivity index (χ0v) is 17.1. The Morgan fingerprint density at radius 3 is 2.61 bits per heavy atom. The molecule has 0 aliphatic carbocycles. The Kier molecular flexibility index (Phi) is 5.33. The number of fused-ring (bicyclic) bond motifs is 2. The molecule has 4 rings (SSSR count). The number of benzene rings is 1. The molecule has 1 aliphatic heterocycles. The summed E-state index contributed by atoms with van der Waals surface area (Å²) in [7, 11) is 0. The number of para-hydroxylation sites is 1. The van der Waals surface area contributed by atoms with Crippen molar-refractivity contribution in [2.45, 2.75) is 26.3 Å². The Morgan fingerprint density at radius 1 is 1.11 bits per heavy atom. The fourth-order valence-electron chi connectivity index (χ4n) is 4.04. The van der Waals surface area contributed by atoms with Crippen molar-refractivity contribution in [1.29, 1.82) is 0 Å². The third kappa shape index (κ3) is 3.16. The number of thiophene rings is 1. The van der Waals surface area contributed by atoms with Crippen LogP contribution in [0.2, 0.25) is 0 Å². The van der Waals surface area contributed by atoms with Crippen molar-refractivity contribution < 1.29 is 14.1 Å². The second-order valence-electron chi connectivity index (χ2n) is 7.15. The van der Waals surface area contributed by atoms with Crippen LogP contribution in [0.5, 0.6) is 0 Å². The minimum Gasteiger partial charge on any atom is -0.450 e. The number of carbonyl (C=O) groups is 1. The maximum Gasteiger partial charge on any atom is 0.290 e. The van der Waals surface area contributed by atoms with E-state index >= 15 is 0 Å². The molecule has 0 radical (unpaired) electrons. The highest BCUT2D eigenvalue weighted by molar-refractivity contribution is 7.10. The predicted molar refractivity (Wildman–Crippen MR) is 111 cm³/mol. The van der Waals surface area contributed by atoms with Gasteiger partial charge >= 0.3 is 0 Å². The smallest absolute Gasteiger partial charge is 0.290 e. The summed E-state index contributed by atoms with van der Waals surface area (Å²) in [4.78, 5) is 30.8. The van der Waals surface area contributed by atoms with E-state index in [1.54, 1.807) is 23.5 Å². The molecule has 0 unspecified atom stereocenters. The van der Waals surface area contributed by atoms with Gasteiger partial charge in [-0.1, -0.05) is 18.2 Å². The van der Waals surface area contributed by atoms with E-state index in [2.05, 4.69) is 13.8 Å². The van der Waals surface area contributed by atoms with Gasteiger partial charge in [0.15, 0.2) is 5.43 Å². The van der Waals surface area contributed by atoms with Crippen LogP contribution in [0.1, 0.15) is 47.3 Å². The minimum atomic E-state index is -0.352. The van der Waals surface area contributed by atoms with Crippen LogP contribution in [-0.2, 0) is 0 Å². The van der Waals surface area contributed by atoms with Gasteiger partial charge in [-0.3, -0.25) is 9.59 Å². The van der Waals surface area contributed by atoms with Crippen molar-refractivity contribution in [2.75, 3.05) is 26.2 Å². The molecule has 0 saturated heterocycles. The van der Waals surface area contributed by atoms with Gasteiger partial charge in [0, 0.05) is 17.8 Å². The Morgan fingerprint density at radius 2 is 1.89 bits per heavy atom. The summed E-state index contributed by atoms with van der Waals surface area (Å²) in [6.07, 6.45) is 0.895. The third-order valence-corrected chi connectivity index (χ3v) is 6.54. The fourth-order valence-corrected chi connectivity index (χ4v) is 4.89. The van der Waals surface area contributed by atoms with Gasteiger partial charge in [0.1, 0.15) is 5.58 Å². The number of quaternary nitrogens is 1. The van der Waals surface area contributed by atoms with Crippen LogP contribution in [0.4, 0.5) is 0 Å². The molecule has 28 heavy (non-hydrogen) atoms. The van der Waals surface area contributed by atoms with E-state index in [9.17, 15) is 9.59 Å². The van der Waals surface area contributed by atoms with Crippen LogP contribution in [-0.4, -0.2) is 37.0 Å². The quantitative estimate of drug-likeness (QED) is 0.667. The molecule has 146 valence electrons. The normalized spacial score (nSPS) is 16.3. The SMILES string of the molecule is CC[NH+](CC)CCCN1C(=O)c2oc3ccccc3c(=O)c2[C@H]1c1cccs1. The molecule has 0 bridgehead atoms. The van der Waals surface area contributed by atoms with E-state index in [4.69, 9.17) is 4.42 Å². The van der Waals surface area contributed by atoms with Gasteiger partial charge in [0.25, 0.3) is 5.91 Å². The Labute approximate surface area is 168 Å². The monoisotopic (exact) mass is 397 g/mol. The lowest BCUT2D eigenvalue weighted by Crippen LogP contribution is -3.11. The summed E-state index contributed by atoms with van der Waals surface area (Å²) in [5, 5.41) is 2.52. The van der Waals surface area contributed by atoms with Crippen molar-refractivity contribution >= 4 is 28.2 Å². The first-order valence-corrected chi connectivity index (χ1v) is 10.8. The number of amides is 1. The van der Waals surface area contributed by atoms with Crippen LogP contribution in [0, 0.1) is 0 Å². The first-order valence-electron chi connectivity index (χ1n) is 9.89. The predicted octanol–water partition coefficient (Wildman–Crippen LogP) is 2.71. The summed E-state index contributed by atoms with van der Waals surface area (Å²) in [5.74, 6) is 0.0306. The average molecular weight is 398 g/mol. The lowest BCUT2D eigenvalue weighted by atomic mass is 10.0. The molecule has 1 amide bonds. The summed E-state index contributed by atoms with van der Waals surface area (Å²) in [6, 6.07) is 10.8. The number of carbonyl (C=O) groups excluding carboxylic acids is 1. The lowest BCUT2D eigenvalue weighted by Gasteiger charge is -2.24. The van der Waals surface area contributed by atoms with E-state index in [1.807, 2.05) is 34.5 Å². The van der Waals surface area contributed by atoms with E-state index in [0.29, 0.717) is 23.1 Å². The lowest BCUT2D eigenvalue weighted by molar-refractivity contribution is -0.896. The zero-order chi connectivity index (χ0) is 19.7. The van der Waals surface area contributed by atoms with Crippen molar-refractivity contribution in [1.82, 2.24) is 4.90 Å². The fraction of sp³-hybridized carbons (Fsp3) is 0.364. The molecule has 2 aromatic heterocycles. The van der Waals surface area contributed by atoms with E-state index < -0.39 is 0 Å². The van der Waals surface area contributed by atoms with Crippen molar-refractivity contribution in [2.24, 2.45) is 0 Å². The van der Waals surface area contributed by atoms with E-state index in [0.717, 1.165) is 30.9 Å². The molecule has 1 aliphatic rings. The molecular weight excluding hydrogens is 372 g/mol. The molecule has 5 nitrogen and oxygen atoms in total. The maximum absolute atomic E-state index is 13.3. The zero-order valence-electron chi connectivity index (χ0n) is 16.2. The van der Waals surface area contributed by atoms with Crippen molar-refractivity contribution in [3.05, 3.63) is 68.2 Å². The van der Waals surface area contributed by atoms with Gasteiger partial charge in [-0.05, 0) is 37.4 Å². The van der Waals surface area contributed by atoms with Gasteiger partial charge in [0.05, 0.1) is 36.6 Å². The molecule has 0 fully saturated rings. The van der Waals surface area contributed by atoms with E-state index in [-0.39, 0.29) is 23.1 Å². The highest BCUT2D eigenvalue weighted by Crippen LogP contribution is 2.39. The first kappa shape index (κ1) is 18.9. The largest absolute Gasteiger partial charge is 0.450 e. The van der Waals surface area contributed by atoms with Crippen LogP contribution in [0.15, 0.2) is 51.0 Å². The van der Waals surface area contributed by atoms with Gasteiger partial charge in [-0.15, -0.1) is 11.3 Å². The Hall–Kier alpha value is -2.44. The topological polar surface area (TPSA) is 55.0 Å². The summed E-state index contributed by atoms with van der Waals surface area (Å²) >= 11 is 1.57. The molecular formula is C22H25N2O3S+. The van der Waals surface area contributed by atoms with Crippen LogP contribution < -0.4 is 10.3 Å². The molecule has 1 N–H and O–H groups in total. The van der Waals surface area contributed by atoms with Gasteiger partial charge in [0.2, 0.25) is 5.76 Å². The van der Waals surface area contributed by atoms with Crippen LogP contribution in [0.3, 0.4) is 0 Å². The summed E-state index contributed by atoms with van der Waals surface area (Å²) in [5.41, 5.74) is 0.862. The molecule has 3 heterocycles. The standard InChI is InChI=1S/C22H24N2O3S/c1-3-23(4-2)12-8-13-24-19(17-11-7-14-28-17)18-20(25)15-9-5-6-10-16(15)27-21(18)22(24)26/h5-7,9-11,14,19H,3-4,8,12-13H2,1-2H3/p+1/t19-/m1/s1. The third-order valence-electron chi connectivity index (χ3n) is 5.62. The molecule has 1 aromatic carbocycles. The number of hydrogen-bond acceptors (Lipinski definition) is 4. The first-order chi connectivity index (χ1) is 13.7. The van der Waals surface area contributed by atoms with Gasteiger partial charge in [-0.25, -0.2) is 0 Å². The molecule has 0 saturated carbocycles. The number of nitrogens with zero attached hydrogens (tertiary/aromatic N) is 1. The Bertz CT molecular complexity index is 1040. The molecule has 3 aromatic rings.